The van der Waals surface area contributed by atoms with Gasteiger partial charge in [0.05, 0.1) is 0 Å². The number of aromatic carboxylic acids is 1. The van der Waals surface area contributed by atoms with Gasteiger partial charge in [0.2, 0.25) is 0 Å². The summed E-state index contributed by atoms with van der Waals surface area (Å²) in [5, 5.41) is 12.5. The zero-order valence-electron chi connectivity index (χ0n) is 13.2. The SMILES string of the molecule is Cc1cc(C)c(C(=O)O)c(NCC(C)(C)CN(C)C)n1. The van der Waals surface area contributed by atoms with Gasteiger partial charge in [-0.05, 0) is 45.0 Å². The van der Waals surface area contributed by atoms with Crippen LogP contribution in [0.4, 0.5) is 5.82 Å². The molecule has 0 aliphatic carbocycles. The second kappa shape index (κ2) is 6.22. The van der Waals surface area contributed by atoms with Gasteiger partial charge in [-0.1, -0.05) is 13.8 Å². The molecular weight excluding hydrogens is 254 g/mol. The Morgan fingerprint density at radius 2 is 2.00 bits per heavy atom. The van der Waals surface area contributed by atoms with Crippen molar-refractivity contribution in [2.24, 2.45) is 5.41 Å². The number of carboxylic acid groups (broad SMARTS) is 1. The highest BCUT2D eigenvalue weighted by atomic mass is 16.4. The normalized spacial score (nSPS) is 11.8. The van der Waals surface area contributed by atoms with Crippen molar-refractivity contribution in [3.05, 3.63) is 22.9 Å². The molecule has 0 amide bonds. The fraction of sp³-hybridized carbons (Fsp3) is 0.600. The third-order valence-electron chi connectivity index (χ3n) is 3.04. The third-order valence-corrected chi connectivity index (χ3v) is 3.04. The Morgan fingerprint density at radius 1 is 1.40 bits per heavy atom. The highest BCUT2D eigenvalue weighted by molar-refractivity contribution is 5.94. The molecule has 1 heterocycles. The van der Waals surface area contributed by atoms with Gasteiger partial charge >= 0.3 is 5.97 Å². The molecule has 0 bridgehead atoms. The van der Waals surface area contributed by atoms with Crippen molar-refractivity contribution in [1.82, 2.24) is 9.88 Å². The molecular formula is C15H25N3O2. The minimum absolute atomic E-state index is 0.0264. The first kappa shape index (κ1) is 16.4. The first-order chi connectivity index (χ1) is 9.12. The molecule has 0 radical (unpaired) electrons. The molecule has 5 nitrogen and oxygen atoms in total. The molecule has 1 rings (SSSR count). The van der Waals surface area contributed by atoms with Gasteiger partial charge in [-0.25, -0.2) is 9.78 Å². The van der Waals surface area contributed by atoms with Crippen molar-refractivity contribution in [1.29, 1.82) is 0 Å². The topological polar surface area (TPSA) is 65.5 Å². The Kier molecular flexibility index (Phi) is 5.11. The predicted molar refractivity (Wildman–Crippen MR) is 81.5 cm³/mol. The van der Waals surface area contributed by atoms with Crippen LogP contribution in [-0.4, -0.2) is 48.1 Å². The summed E-state index contributed by atoms with van der Waals surface area (Å²) in [6.07, 6.45) is 0. The molecule has 0 aromatic carbocycles. The molecule has 0 spiro atoms. The molecule has 0 unspecified atom stereocenters. The van der Waals surface area contributed by atoms with E-state index in [4.69, 9.17) is 0 Å². The zero-order valence-corrected chi connectivity index (χ0v) is 13.2. The lowest BCUT2D eigenvalue weighted by atomic mass is 9.93. The van der Waals surface area contributed by atoms with Crippen molar-refractivity contribution in [2.75, 3.05) is 32.5 Å². The molecule has 5 heteroatoms. The summed E-state index contributed by atoms with van der Waals surface area (Å²) < 4.78 is 0. The molecule has 0 aliphatic rings. The van der Waals surface area contributed by atoms with E-state index in [1.807, 2.05) is 21.0 Å². The molecule has 20 heavy (non-hydrogen) atoms. The number of nitrogens with zero attached hydrogens (tertiary/aromatic N) is 2. The Hall–Kier alpha value is -1.62. The van der Waals surface area contributed by atoms with Crippen LogP contribution in [0, 0.1) is 19.3 Å². The Morgan fingerprint density at radius 3 is 2.50 bits per heavy atom. The van der Waals surface area contributed by atoms with E-state index in [9.17, 15) is 9.90 Å². The van der Waals surface area contributed by atoms with Crippen LogP contribution in [0.1, 0.15) is 35.5 Å². The van der Waals surface area contributed by atoms with Crippen molar-refractivity contribution in [3.63, 3.8) is 0 Å². The highest BCUT2D eigenvalue weighted by Gasteiger charge is 2.21. The monoisotopic (exact) mass is 279 g/mol. The number of nitrogens with one attached hydrogen (secondary N) is 1. The van der Waals surface area contributed by atoms with Gasteiger partial charge < -0.3 is 15.3 Å². The third kappa shape index (κ3) is 4.49. The Bertz CT molecular complexity index is 496. The minimum Gasteiger partial charge on any atom is -0.478 e. The molecule has 0 saturated heterocycles. The van der Waals surface area contributed by atoms with E-state index in [1.165, 1.54) is 0 Å². The maximum Gasteiger partial charge on any atom is 0.339 e. The summed E-state index contributed by atoms with van der Waals surface area (Å²) in [7, 11) is 4.05. The fourth-order valence-electron chi connectivity index (χ4n) is 2.47. The first-order valence-electron chi connectivity index (χ1n) is 6.72. The largest absolute Gasteiger partial charge is 0.478 e. The number of carbonyl (C=O) groups is 1. The van der Waals surface area contributed by atoms with Gasteiger partial charge in [0.25, 0.3) is 0 Å². The lowest BCUT2D eigenvalue weighted by Gasteiger charge is -2.29. The molecule has 2 N–H and O–H groups in total. The van der Waals surface area contributed by atoms with E-state index in [-0.39, 0.29) is 11.0 Å². The average Bonchev–Trinajstić information content (AvgIpc) is 2.22. The van der Waals surface area contributed by atoms with Gasteiger partial charge in [0.1, 0.15) is 11.4 Å². The van der Waals surface area contributed by atoms with E-state index in [1.54, 1.807) is 13.0 Å². The number of pyridine rings is 1. The van der Waals surface area contributed by atoms with E-state index in [0.29, 0.717) is 12.4 Å². The van der Waals surface area contributed by atoms with Gasteiger partial charge in [-0.15, -0.1) is 0 Å². The molecule has 1 aromatic rings. The number of carboxylic acids is 1. The molecule has 0 aliphatic heterocycles. The van der Waals surface area contributed by atoms with Crippen LogP contribution in [0.15, 0.2) is 6.07 Å². The smallest absolute Gasteiger partial charge is 0.339 e. The first-order valence-corrected chi connectivity index (χ1v) is 6.72. The second-order valence-corrected chi connectivity index (χ2v) is 6.36. The summed E-state index contributed by atoms with van der Waals surface area (Å²) in [6.45, 7) is 9.53. The van der Waals surface area contributed by atoms with Crippen LogP contribution in [0.25, 0.3) is 0 Å². The van der Waals surface area contributed by atoms with Crippen LogP contribution in [0.3, 0.4) is 0 Å². The number of hydrogen-bond acceptors (Lipinski definition) is 4. The number of aryl methyl sites for hydroxylation is 2. The fourth-order valence-corrected chi connectivity index (χ4v) is 2.47. The maximum atomic E-state index is 11.4. The molecule has 0 saturated carbocycles. The maximum absolute atomic E-state index is 11.4. The van der Waals surface area contributed by atoms with Crippen LogP contribution >= 0.6 is 0 Å². The molecule has 0 fully saturated rings. The lowest BCUT2D eigenvalue weighted by molar-refractivity contribution is 0.0696. The predicted octanol–water partition coefficient (Wildman–Crippen LogP) is 2.40. The van der Waals surface area contributed by atoms with E-state index < -0.39 is 5.97 Å². The number of anilines is 1. The van der Waals surface area contributed by atoms with Crippen molar-refractivity contribution < 1.29 is 9.90 Å². The van der Waals surface area contributed by atoms with Crippen LogP contribution in [-0.2, 0) is 0 Å². The number of rotatable bonds is 6. The lowest BCUT2D eigenvalue weighted by Crippen LogP contribution is -2.34. The van der Waals surface area contributed by atoms with E-state index in [0.717, 1.165) is 17.8 Å². The Balaban J connectivity index is 2.95. The van der Waals surface area contributed by atoms with E-state index >= 15 is 0 Å². The Labute approximate surface area is 121 Å². The molecule has 0 atom stereocenters. The average molecular weight is 279 g/mol. The summed E-state index contributed by atoms with van der Waals surface area (Å²) in [5.74, 6) is -0.482. The van der Waals surface area contributed by atoms with Gasteiger partial charge in [-0.2, -0.15) is 0 Å². The van der Waals surface area contributed by atoms with Crippen LogP contribution in [0.5, 0.6) is 0 Å². The summed E-state index contributed by atoms with van der Waals surface area (Å²) in [6, 6.07) is 1.79. The van der Waals surface area contributed by atoms with Crippen molar-refractivity contribution in [3.8, 4) is 0 Å². The summed E-state index contributed by atoms with van der Waals surface area (Å²) in [5.41, 5.74) is 1.84. The number of aromatic nitrogens is 1. The molecule has 112 valence electrons. The second-order valence-electron chi connectivity index (χ2n) is 6.36. The highest BCUT2D eigenvalue weighted by Crippen LogP contribution is 2.22. The van der Waals surface area contributed by atoms with Crippen LogP contribution in [0.2, 0.25) is 0 Å². The summed E-state index contributed by atoms with van der Waals surface area (Å²) in [4.78, 5) is 17.8. The van der Waals surface area contributed by atoms with Gasteiger partial charge in [0.15, 0.2) is 0 Å². The minimum atomic E-state index is -0.942. The van der Waals surface area contributed by atoms with Crippen molar-refractivity contribution in [2.45, 2.75) is 27.7 Å². The molecule has 1 aromatic heterocycles. The number of hydrogen-bond donors (Lipinski definition) is 2. The van der Waals surface area contributed by atoms with Gasteiger partial charge in [0, 0.05) is 18.8 Å². The zero-order chi connectivity index (χ0) is 15.5. The van der Waals surface area contributed by atoms with Crippen molar-refractivity contribution >= 4 is 11.8 Å². The van der Waals surface area contributed by atoms with E-state index in [2.05, 4.69) is 29.0 Å². The van der Waals surface area contributed by atoms with Gasteiger partial charge in [-0.3, -0.25) is 0 Å². The van der Waals surface area contributed by atoms with Crippen LogP contribution < -0.4 is 5.32 Å². The standard InChI is InChI=1S/C15H25N3O2/c1-10-7-11(2)17-13(12(10)14(19)20)16-8-15(3,4)9-18(5)6/h7H,8-9H2,1-6H3,(H,16,17)(H,19,20). The quantitative estimate of drug-likeness (QED) is 0.837. The summed E-state index contributed by atoms with van der Waals surface area (Å²) >= 11 is 0.